The normalized spacial score (nSPS) is 10.6. The Balaban J connectivity index is 2.53. The van der Waals surface area contributed by atoms with Crippen LogP contribution in [0.2, 0.25) is 0 Å². The molecule has 0 saturated heterocycles. The van der Waals surface area contributed by atoms with E-state index in [9.17, 15) is 4.79 Å². The van der Waals surface area contributed by atoms with Crippen LogP contribution in [0.15, 0.2) is 12.3 Å². The molecule has 0 atom stereocenters. The summed E-state index contributed by atoms with van der Waals surface area (Å²) in [6.07, 6.45) is 1.72. The van der Waals surface area contributed by atoms with Crippen LogP contribution in [-0.2, 0) is 4.84 Å². The van der Waals surface area contributed by atoms with Crippen LogP contribution in [0, 0.1) is 0 Å². The Morgan fingerprint density at radius 3 is 3.06 bits per heavy atom. The highest BCUT2D eigenvalue weighted by atomic mass is 16.7. The zero-order chi connectivity index (χ0) is 11.7. The van der Waals surface area contributed by atoms with Crippen molar-refractivity contribution in [2.75, 3.05) is 14.2 Å². The summed E-state index contributed by atoms with van der Waals surface area (Å²) in [7, 11) is 4.87. The van der Waals surface area contributed by atoms with Gasteiger partial charge < -0.3 is 0 Å². The predicted octanol–water partition coefficient (Wildman–Crippen LogP) is -1.15. The second-order valence-electron chi connectivity index (χ2n) is 3.47. The van der Waals surface area contributed by atoms with E-state index in [-0.39, 0.29) is 5.91 Å². The van der Waals surface area contributed by atoms with Gasteiger partial charge >= 0.3 is 0 Å². The van der Waals surface area contributed by atoms with Gasteiger partial charge in [0.1, 0.15) is 7.85 Å². The number of nitrogens with zero attached hydrogens (tertiary/aromatic N) is 3. The number of aromatic nitrogens is 3. The fourth-order valence-corrected chi connectivity index (χ4v) is 1.40. The molecule has 0 aliphatic carbocycles. The van der Waals surface area contributed by atoms with Crippen LogP contribution >= 0.6 is 0 Å². The summed E-state index contributed by atoms with van der Waals surface area (Å²) in [6, 6.07) is 1.86. The minimum Gasteiger partial charge on any atom is -0.274 e. The quantitative estimate of drug-likeness (QED) is 0.510. The monoisotopic (exact) mass is 218 g/mol. The van der Waals surface area contributed by atoms with Crippen LogP contribution in [0.3, 0.4) is 0 Å². The number of carbonyl (C=O) groups excluding carboxylic acids is 1. The predicted molar refractivity (Wildman–Crippen MR) is 61.2 cm³/mol. The van der Waals surface area contributed by atoms with Crippen LogP contribution < -0.4 is 5.46 Å². The van der Waals surface area contributed by atoms with E-state index in [0.29, 0.717) is 16.7 Å². The number of hydrogen-bond donors (Lipinski definition) is 1. The van der Waals surface area contributed by atoms with Gasteiger partial charge in [0.05, 0.1) is 12.5 Å². The molecule has 0 aliphatic rings. The van der Waals surface area contributed by atoms with E-state index >= 15 is 0 Å². The first kappa shape index (κ1) is 10.6. The Bertz CT molecular complexity index is 539. The molecule has 0 spiro atoms. The third-order valence-electron chi connectivity index (χ3n) is 2.32. The topological polar surface area (TPSA) is 71.1 Å². The molecule has 1 N–H and O–H groups in total. The molecular weight excluding hydrogens is 207 g/mol. The van der Waals surface area contributed by atoms with Gasteiger partial charge in [-0.1, -0.05) is 11.5 Å². The Hall–Kier alpha value is -1.89. The van der Waals surface area contributed by atoms with Crippen molar-refractivity contribution in [3.63, 3.8) is 0 Å². The maximum Gasteiger partial charge on any atom is 0.298 e. The van der Waals surface area contributed by atoms with E-state index in [0.717, 1.165) is 10.5 Å². The number of fused-ring (bicyclic) bond motifs is 1. The first-order chi connectivity index (χ1) is 7.63. The molecule has 2 aromatic rings. The molecule has 2 heterocycles. The number of amides is 1. The molecule has 16 heavy (non-hydrogen) atoms. The SMILES string of the molecule is Bc1cnc2[nH]nc(C(=O)N(C)OC)c2c1. The van der Waals surface area contributed by atoms with Gasteiger partial charge in [-0.15, -0.1) is 0 Å². The van der Waals surface area contributed by atoms with Crippen molar-refractivity contribution in [2.24, 2.45) is 0 Å². The summed E-state index contributed by atoms with van der Waals surface area (Å²) in [5.41, 5.74) is 1.89. The lowest BCUT2D eigenvalue weighted by Gasteiger charge is -2.11. The van der Waals surface area contributed by atoms with E-state index < -0.39 is 0 Å². The molecule has 2 rings (SSSR count). The molecule has 0 fully saturated rings. The average Bonchev–Trinajstić information content (AvgIpc) is 2.69. The van der Waals surface area contributed by atoms with Crippen LogP contribution in [0.25, 0.3) is 11.0 Å². The summed E-state index contributed by atoms with van der Waals surface area (Å²) in [6.45, 7) is 0. The summed E-state index contributed by atoms with van der Waals surface area (Å²) in [5.74, 6) is -0.304. The molecule has 6 nitrogen and oxygen atoms in total. The van der Waals surface area contributed by atoms with Crippen molar-refractivity contribution in [2.45, 2.75) is 0 Å². The van der Waals surface area contributed by atoms with Crippen molar-refractivity contribution in [3.8, 4) is 0 Å². The fourth-order valence-electron chi connectivity index (χ4n) is 1.40. The van der Waals surface area contributed by atoms with Gasteiger partial charge in [-0.25, -0.2) is 10.0 Å². The molecule has 0 aliphatic heterocycles. The molecule has 1 amide bonds. The Morgan fingerprint density at radius 1 is 1.62 bits per heavy atom. The third kappa shape index (κ3) is 1.65. The highest BCUT2D eigenvalue weighted by Crippen LogP contribution is 2.13. The van der Waals surface area contributed by atoms with Crippen LogP contribution in [-0.4, -0.2) is 48.2 Å². The average molecular weight is 218 g/mol. The second-order valence-corrected chi connectivity index (χ2v) is 3.47. The summed E-state index contributed by atoms with van der Waals surface area (Å²) < 4.78 is 0. The standard InChI is InChI=1S/C9H11BN4O2/c1-14(16-2)9(15)7-6-3-5(10)4-11-8(6)13-12-7/h3-4H,10H2,1-2H3,(H,11,12,13). The zero-order valence-electron chi connectivity index (χ0n) is 9.31. The van der Waals surface area contributed by atoms with Crippen LogP contribution in [0.5, 0.6) is 0 Å². The summed E-state index contributed by atoms with van der Waals surface area (Å²) >= 11 is 0. The molecule has 82 valence electrons. The summed E-state index contributed by atoms with van der Waals surface area (Å²) in [4.78, 5) is 20.8. The smallest absolute Gasteiger partial charge is 0.274 e. The van der Waals surface area contributed by atoms with Gasteiger partial charge in [-0.2, -0.15) is 5.10 Å². The maximum atomic E-state index is 11.9. The molecule has 2 aromatic heterocycles. The fraction of sp³-hybridized carbons (Fsp3) is 0.222. The van der Waals surface area contributed by atoms with Gasteiger partial charge in [-0.05, 0) is 0 Å². The molecular formula is C9H11BN4O2. The number of pyridine rings is 1. The zero-order valence-corrected chi connectivity index (χ0v) is 9.31. The lowest BCUT2D eigenvalue weighted by Crippen LogP contribution is -2.26. The van der Waals surface area contributed by atoms with Crippen molar-refractivity contribution in [3.05, 3.63) is 18.0 Å². The van der Waals surface area contributed by atoms with Gasteiger partial charge in [0, 0.05) is 13.2 Å². The maximum absolute atomic E-state index is 11.9. The number of rotatable bonds is 2. The van der Waals surface area contributed by atoms with E-state index in [1.165, 1.54) is 14.2 Å². The van der Waals surface area contributed by atoms with Crippen molar-refractivity contribution in [1.82, 2.24) is 20.2 Å². The molecule has 0 saturated carbocycles. The lowest BCUT2D eigenvalue weighted by atomic mass is 9.97. The van der Waals surface area contributed by atoms with E-state index in [2.05, 4.69) is 15.2 Å². The Labute approximate surface area is 93.0 Å². The minimum absolute atomic E-state index is 0.304. The number of hydroxylamine groups is 2. The van der Waals surface area contributed by atoms with Gasteiger partial charge in [0.25, 0.3) is 5.91 Å². The highest BCUT2D eigenvalue weighted by Gasteiger charge is 2.18. The van der Waals surface area contributed by atoms with E-state index in [1.54, 1.807) is 6.20 Å². The Morgan fingerprint density at radius 2 is 2.38 bits per heavy atom. The number of aromatic amines is 1. The van der Waals surface area contributed by atoms with Gasteiger partial charge in [0.2, 0.25) is 0 Å². The molecule has 0 aromatic carbocycles. The first-order valence-corrected chi connectivity index (χ1v) is 4.76. The second kappa shape index (κ2) is 3.94. The first-order valence-electron chi connectivity index (χ1n) is 4.76. The van der Waals surface area contributed by atoms with Crippen molar-refractivity contribution in [1.29, 1.82) is 0 Å². The van der Waals surface area contributed by atoms with Crippen molar-refractivity contribution < 1.29 is 9.63 Å². The van der Waals surface area contributed by atoms with Crippen LogP contribution in [0.1, 0.15) is 10.5 Å². The van der Waals surface area contributed by atoms with E-state index in [1.807, 2.05) is 13.9 Å². The Kier molecular flexibility index (Phi) is 2.61. The third-order valence-corrected chi connectivity index (χ3v) is 2.32. The molecule has 0 bridgehead atoms. The minimum atomic E-state index is -0.304. The van der Waals surface area contributed by atoms with Crippen molar-refractivity contribution >= 4 is 30.2 Å². The highest BCUT2D eigenvalue weighted by molar-refractivity contribution is 6.33. The number of H-pyrrole nitrogens is 1. The largest absolute Gasteiger partial charge is 0.298 e. The van der Waals surface area contributed by atoms with E-state index in [4.69, 9.17) is 4.84 Å². The number of carbonyl (C=O) groups is 1. The number of hydrogen-bond acceptors (Lipinski definition) is 4. The summed E-state index contributed by atoms with van der Waals surface area (Å²) in [5, 5.41) is 8.48. The number of nitrogens with one attached hydrogen (secondary N) is 1. The lowest BCUT2D eigenvalue weighted by molar-refractivity contribution is -0.0759. The van der Waals surface area contributed by atoms with Gasteiger partial charge in [0.15, 0.2) is 11.3 Å². The molecule has 0 radical (unpaired) electrons. The molecule has 7 heteroatoms. The van der Waals surface area contributed by atoms with Crippen LogP contribution in [0.4, 0.5) is 0 Å². The van der Waals surface area contributed by atoms with Gasteiger partial charge in [-0.3, -0.25) is 14.7 Å². The molecule has 0 unspecified atom stereocenters.